The van der Waals surface area contributed by atoms with Crippen LogP contribution in [-0.2, 0) is 9.24 Å². The summed E-state index contributed by atoms with van der Waals surface area (Å²) in [5.74, 6) is 0. The first-order valence-electron chi connectivity index (χ1n) is 4.29. The summed E-state index contributed by atoms with van der Waals surface area (Å²) in [6.45, 7) is 0. The number of hydrogen-bond acceptors (Lipinski definition) is 3. The topological polar surface area (TPSA) is 66.8 Å². The molecular formula is C10H9O4P. The average molecular weight is 224 g/mol. The second-order valence-corrected chi connectivity index (χ2v) is 4.79. The van der Waals surface area contributed by atoms with Gasteiger partial charge in [-0.05, 0) is 16.8 Å². The molecule has 0 amide bonds. The van der Waals surface area contributed by atoms with Crippen LogP contribution in [0.1, 0.15) is 0 Å². The highest BCUT2D eigenvalue weighted by molar-refractivity contribution is 7.61. The van der Waals surface area contributed by atoms with Crippen molar-refractivity contribution in [3.8, 4) is 0 Å². The van der Waals surface area contributed by atoms with Gasteiger partial charge < -0.3 is 4.89 Å². The normalized spacial score (nSPS) is 15.1. The third kappa shape index (κ3) is 1.80. The molecule has 1 unspecified atom stereocenters. The Morgan fingerprint density at radius 2 is 1.73 bits per heavy atom. The first-order chi connectivity index (χ1) is 7.15. The minimum atomic E-state index is -4.12. The van der Waals surface area contributed by atoms with Crippen molar-refractivity contribution < 1.29 is 19.4 Å². The van der Waals surface area contributed by atoms with Crippen molar-refractivity contribution >= 4 is 23.7 Å². The molecule has 2 N–H and O–H groups in total. The van der Waals surface area contributed by atoms with Crippen molar-refractivity contribution in [2.24, 2.45) is 0 Å². The molecule has 2 rings (SSSR count). The summed E-state index contributed by atoms with van der Waals surface area (Å²) in [4.78, 5) is 9.38. The van der Waals surface area contributed by atoms with E-state index in [4.69, 9.17) is 5.26 Å². The van der Waals surface area contributed by atoms with Crippen molar-refractivity contribution in [3.63, 3.8) is 0 Å². The molecule has 0 heterocycles. The fourth-order valence-corrected chi connectivity index (χ4v) is 2.37. The molecule has 0 aliphatic heterocycles. The summed E-state index contributed by atoms with van der Waals surface area (Å²) in [6.07, 6.45) is 0. The Bertz CT molecular complexity index is 532. The molecular weight excluding hydrogens is 215 g/mol. The highest BCUT2D eigenvalue weighted by atomic mass is 31.2. The van der Waals surface area contributed by atoms with Crippen LogP contribution < -0.4 is 5.30 Å². The molecule has 2 aromatic carbocycles. The standard InChI is InChI=1S/C10H9O4P/c11-14-15(12,13)10-7-3-5-8-4-1-2-6-9(8)10/h1-7,11H,(H,12,13). The fraction of sp³-hybridized carbons (Fsp3) is 0. The molecule has 0 radical (unpaired) electrons. The number of fused-ring (bicyclic) bond motifs is 1. The van der Waals surface area contributed by atoms with Crippen LogP contribution >= 0.6 is 7.60 Å². The van der Waals surface area contributed by atoms with Gasteiger partial charge in [0.2, 0.25) is 0 Å². The molecule has 0 saturated carbocycles. The smallest absolute Gasteiger partial charge is 0.319 e. The predicted octanol–water partition coefficient (Wildman–Crippen LogP) is 2.14. The Morgan fingerprint density at radius 3 is 2.47 bits per heavy atom. The molecule has 5 heteroatoms. The Kier molecular flexibility index (Phi) is 2.59. The summed E-state index contributed by atoms with van der Waals surface area (Å²) >= 11 is 0. The molecule has 0 aromatic heterocycles. The second kappa shape index (κ2) is 3.76. The van der Waals surface area contributed by atoms with Gasteiger partial charge in [-0.25, -0.2) is 5.26 Å². The lowest BCUT2D eigenvalue weighted by Crippen LogP contribution is -2.06. The zero-order valence-electron chi connectivity index (χ0n) is 7.70. The van der Waals surface area contributed by atoms with Crippen molar-refractivity contribution in [2.45, 2.75) is 0 Å². The SMILES string of the molecule is O=P(O)(OO)c1cccc2ccccc12. The quantitative estimate of drug-likeness (QED) is 0.466. The lowest BCUT2D eigenvalue weighted by molar-refractivity contribution is -0.143. The zero-order valence-corrected chi connectivity index (χ0v) is 8.59. The maximum atomic E-state index is 11.5. The first kappa shape index (κ1) is 10.3. The van der Waals surface area contributed by atoms with Gasteiger partial charge in [-0.2, -0.15) is 0 Å². The molecule has 0 aliphatic carbocycles. The molecule has 15 heavy (non-hydrogen) atoms. The van der Waals surface area contributed by atoms with E-state index in [0.717, 1.165) is 5.39 Å². The Labute approximate surface area is 86.2 Å². The molecule has 0 saturated heterocycles. The van der Waals surface area contributed by atoms with Crippen LogP contribution in [-0.4, -0.2) is 10.2 Å². The second-order valence-electron chi connectivity index (χ2n) is 3.10. The third-order valence-corrected chi connectivity index (χ3v) is 3.40. The largest absolute Gasteiger partial charge is 0.386 e. The Hall–Kier alpha value is -1.19. The molecule has 1 atom stereocenters. The van der Waals surface area contributed by atoms with E-state index in [9.17, 15) is 9.46 Å². The van der Waals surface area contributed by atoms with Crippen LogP contribution in [0.2, 0.25) is 0 Å². The van der Waals surface area contributed by atoms with Crippen molar-refractivity contribution in [1.82, 2.24) is 0 Å². The van der Waals surface area contributed by atoms with E-state index in [2.05, 4.69) is 4.67 Å². The van der Waals surface area contributed by atoms with Crippen LogP contribution in [0.15, 0.2) is 42.5 Å². The number of hydrogen-bond donors (Lipinski definition) is 2. The van der Waals surface area contributed by atoms with Gasteiger partial charge in [0.1, 0.15) is 0 Å². The number of rotatable bonds is 2. The molecule has 4 nitrogen and oxygen atoms in total. The molecule has 0 bridgehead atoms. The van der Waals surface area contributed by atoms with E-state index in [0.29, 0.717) is 5.39 Å². The van der Waals surface area contributed by atoms with E-state index in [1.165, 1.54) is 6.07 Å². The van der Waals surface area contributed by atoms with Gasteiger partial charge in [0, 0.05) is 0 Å². The van der Waals surface area contributed by atoms with Crippen molar-refractivity contribution in [2.75, 3.05) is 0 Å². The van der Waals surface area contributed by atoms with Crippen molar-refractivity contribution in [1.29, 1.82) is 0 Å². The zero-order chi connectivity index (χ0) is 10.9. The Morgan fingerprint density at radius 1 is 1.07 bits per heavy atom. The van der Waals surface area contributed by atoms with Crippen LogP contribution in [0.3, 0.4) is 0 Å². The number of benzene rings is 2. The van der Waals surface area contributed by atoms with Gasteiger partial charge in [-0.1, -0.05) is 36.4 Å². The molecule has 2 aromatic rings. The minimum absolute atomic E-state index is 0.100. The van der Waals surface area contributed by atoms with Gasteiger partial charge in [-0.3, -0.25) is 4.57 Å². The third-order valence-electron chi connectivity index (χ3n) is 2.18. The van der Waals surface area contributed by atoms with Gasteiger partial charge >= 0.3 is 7.60 Å². The lowest BCUT2D eigenvalue weighted by Gasteiger charge is -2.09. The van der Waals surface area contributed by atoms with Crippen LogP contribution in [0, 0.1) is 0 Å². The summed E-state index contributed by atoms with van der Waals surface area (Å²) < 4.78 is 15.1. The first-order valence-corrected chi connectivity index (χ1v) is 5.87. The van der Waals surface area contributed by atoms with Crippen LogP contribution in [0.5, 0.6) is 0 Å². The highest BCUT2D eigenvalue weighted by Crippen LogP contribution is 2.41. The van der Waals surface area contributed by atoms with E-state index in [-0.39, 0.29) is 5.30 Å². The summed E-state index contributed by atoms with van der Waals surface area (Å²) in [5.41, 5.74) is 0. The monoisotopic (exact) mass is 224 g/mol. The average Bonchev–Trinajstić information content (AvgIpc) is 2.28. The lowest BCUT2D eigenvalue weighted by atomic mass is 10.1. The highest BCUT2D eigenvalue weighted by Gasteiger charge is 2.24. The van der Waals surface area contributed by atoms with Gasteiger partial charge in [0.05, 0.1) is 5.30 Å². The van der Waals surface area contributed by atoms with E-state index in [1.807, 2.05) is 18.2 Å². The van der Waals surface area contributed by atoms with Crippen LogP contribution in [0.25, 0.3) is 10.8 Å². The summed E-state index contributed by atoms with van der Waals surface area (Å²) in [5, 5.41) is 9.91. The molecule has 0 fully saturated rings. The molecule has 0 spiro atoms. The summed E-state index contributed by atoms with van der Waals surface area (Å²) in [6, 6.07) is 12.0. The van der Waals surface area contributed by atoms with E-state index < -0.39 is 7.60 Å². The maximum Gasteiger partial charge on any atom is 0.386 e. The van der Waals surface area contributed by atoms with Gasteiger partial charge in [0.15, 0.2) is 0 Å². The molecule has 0 aliphatic rings. The predicted molar refractivity (Wildman–Crippen MR) is 57.1 cm³/mol. The van der Waals surface area contributed by atoms with Crippen molar-refractivity contribution in [3.05, 3.63) is 42.5 Å². The molecule has 78 valence electrons. The summed E-state index contributed by atoms with van der Waals surface area (Å²) in [7, 11) is -4.12. The van der Waals surface area contributed by atoms with Gasteiger partial charge in [-0.15, -0.1) is 4.67 Å². The van der Waals surface area contributed by atoms with Crippen LogP contribution in [0.4, 0.5) is 0 Å². The van der Waals surface area contributed by atoms with E-state index in [1.54, 1.807) is 18.2 Å². The maximum absolute atomic E-state index is 11.5. The Balaban J connectivity index is 2.77. The van der Waals surface area contributed by atoms with Gasteiger partial charge in [0.25, 0.3) is 0 Å². The van der Waals surface area contributed by atoms with E-state index >= 15 is 0 Å². The minimum Gasteiger partial charge on any atom is -0.319 e. The fourth-order valence-electron chi connectivity index (χ4n) is 1.50.